The Kier molecular flexibility index (Phi) is 6.08. The van der Waals surface area contributed by atoms with Crippen molar-refractivity contribution in [2.45, 2.75) is 32.9 Å². The first kappa shape index (κ1) is 20.9. The zero-order valence-corrected chi connectivity index (χ0v) is 17.4. The number of rotatable bonds is 3. The maximum atomic E-state index is 11.7. The largest absolute Gasteiger partial charge is 0.444 e. The van der Waals surface area contributed by atoms with Crippen LogP contribution in [-0.4, -0.2) is 17.5 Å². The van der Waals surface area contributed by atoms with Gasteiger partial charge in [0.15, 0.2) is 0 Å². The topological polar surface area (TPSA) is 88.2 Å². The molecular weight excluding hydrogens is 374 g/mol. The second-order valence-corrected chi connectivity index (χ2v) is 7.99. The number of fused-ring (bicyclic) bond motifs is 1. The Morgan fingerprint density at radius 1 is 0.967 bits per heavy atom. The quantitative estimate of drug-likeness (QED) is 0.343. The Hall–Kier alpha value is -3.78. The van der Waals surface area contributed by atoms with Crippen LogP contribution >= 0.6 is 0 Å². The van der Waals surface area contributed by atoms with Crippen LogP contribution in [-0.2, 0) is 11.3 Å². The van der Waals surface area contributed by atoms with E-state index < -0.39 is 11.7 Å². The summed E-state index contributed by atoms with van der Waals surface area (Å²) in [5.41, 5.74) is 8.52. The first-order valence-corrected chi connectivity index (χ1v) is 9.66. The Bertz CT molecular complexity index is 1150. The molecule has 0 heterocycles. The van der Waals surface area contributed by atoms with Crippen LogP contribution in [0.15, 0.2) is 60.7 Å². The molecule has 0 fully saturated rings. The van der Waals surface area contributed by atoms with E-state index in [1.807, 2.05) is 81.4 Å². The predicted octanol–water partition coefficient (Wildman–Crippen LogP) is 4.55. The van der Waals surface area contributed by atoms with Gasteiger partial charge < -0.3 is 15.8 Å². The summed E-state index contributed by atoms with van der Waals surface area (Å²) in [6.45, 7) is 5.90. The molecule has 0 aliphatic carbocycles. The van der Waals surface area contributed by atoms with Gasteiger partial charge in [0.25, 0.3) is 0 Å². The molecular formula is C25H25N3O2. The molecule has 0 saturated heterocycles. The van der Waals surface area contributed by atoms with Gasteiger partial charge in [0, 0.05) is 23.2 Å². The van der Waals surface area contributed by atoms with Crippen LogP contribution < -0.4 is 11.1 Å². The summed E-state index contributed by atoms with van der Waals surface area (Å²) >= 11 is 0. The van der Waals surface area contributed by atoms with Crippen LogP contribution in [0.4, 0.5) is 4.79 Å². The third-order valence-corrected chi connectivity index (χ3v) is 4.29. The number of carbonyl (C=O) groups is 1. The SMILES string of the molecule is CC(C)(C)OC(=O)NCc1ccc(C#Cc2ccc3cc(C(=N)N)ccc3c2)cc1. The molecule has 0 spiro atoms. The maximum absolute atomic E-state index is 11.7. The highest BCUT2D eigenvalue weighted by Gasteiger charge is 2.15. The van der Waals surface area contributed by atoms with E-state index in [9.17, 15) is 4.79 Å². The lowest BCUT2D eigenvalue weighted by molar-refractivity contribution is 0.0523. The fraction of sp³-hybridized carbons (Fsp3) is 0.200. The second-order valence-electron chi connectivity index (χ2n) is 7.99. The van der Waals surface area contributed by atoms with Gasteiger partial charge in [0.2, 0.25) is 0 Å². The minimum atomic E-state index is -0.512. The minimum Gasteiger partial charge on any atom is -0.444 e. The standard InChI is InChI=1S/C25H25N3O2/c1-25(2,3)30-24(29)28-16-19-8-5-17(6-9-19)4-7-18-10-11-21-15-22(23(26)27)13-12-20(21)14-18/h5-6,8-15H,16H2,1-3H3,(H3,26,27)(H,28,29). The smallest absolute Gasteiger partial charge is 0.407 e. The molecule has 30 heavy (non-hydrogen) atoms. The number of nitrogens with two attached hydrogens (primary N) is 1. The van der Waals surface area contributed by atoms with Crippen LogP contribution in [0, 0.1) is 17.3 Å². The average molecular weight is 399 g/mol. The predicted molar refractivity (Wildman–Crippen MR) is 120 cm³/mol. The molecule has 0 aliphatic heterocycles. The molecule has 0 saturated carbocycles. The average Bonchev–Trinajstić information content (AvgIpc) is 2.69. The molecule has 152 valence electrons. The normalized spacial score (nSPS) is 10.8. The number of nitrogens with one attached hydrogen (secondary N) is 2. The molecule has 3 aromatic rings. The molecule has 0 aliphatic rings. The number of ether oxygens (including phenoxy) is 1. The fourth-order valence-corrected chi connectivity index (χ4v) is 2.83. The number of carbonyl (C=O) groups excluding carboxylic acids is 1. The molecule has 0 unspecified atom stereocenters. The monoisotopic (exact) mass is 399 g/mol. The molecule has 5 nitrogen and oxygen atoms in total. The summed E-state index contributed by atoms with van der Waals surface area (Å²) in [5.74, 6) is 6.40. The third kappa shape index (κ3) is 5.86. The summed E-state index contributed by atoms with van der Waals surface area (Å²) in [5, 5.41) is 12.4. The molecule has 1 amide bonds. The van der Waals surface area contributed by atoms with Crippen molar-refractivity contribution in [2.24, 2.45) is 5.73 Å². The highest BCUT2D eigenvalue weighted by Crippen LogP contribution is 2.18. The first-order chi connectivity index (χ1) is 14.2. The lowest BCUT2D eigenvalue weighted by atomic mass is 10.0. The van der Waals surface area contributed by atoms with Crippen molar-refractivity contribution in [1.82, 2.24) is 5.32 Å². The third-order valence-electron chi connectivity index (χ3n) is 4.29. The summed E-state index contributed by atoms with van der Waals surface area (Å²) in [6, 6.07) is 19.4. The number of benzene rings is 3. The van der Waals surface area contributed by atoms with Crippen LogP contribution in [0.25, 0.3) is 10.8 Å². The van der Waals surface area contributed by atoms with Crippen molar-refractivity contribution in [2.75, 3.05) is 0 Å². The molecule has 0 atom stereocenters. The number of alkyl carbamates (subject to hydrolysis) is 1. The zero-order valence-electron chi connectivity index (χ0n) is 17.4. The summed E-state index contributed by atoms with van der Waals surface area (Å²) < 4.78 is 5.23. The molecule has 5 heteroatoms. The van der Waals surface area contributed by atoms with Gasteiger partial charge in [-0.1, -0.05) is 42.2 Å². The van der Waals surface area contributed by atoms with E-state index in [1.54, 1.807) is 0 Å². The number of amidine groups is 1. The van der Waals surface area contributed by atoms with Crippen molar-refractivity contribution in [3.05, 3.63) is 82.9 Å². The van der Waals surface area contributed by atoms with Crippen molar-refractivity contribution < 1.29 is 9.53 Å². The van der Waals surface area contributed by atoms with E-state index in [0.717, 1.165) is 27.5 Å². The molecule has 0 aromatic heterocycles. The number of nitrogen functional groups attached to an aromatic ring is 1. The van der Waals surface area contributed by atoms with Gasteiger partial charge in [0.05, 0.1) is 0 Å². The molecule has 0 radical (unpaired) electrons. The van der Waals surface area contributed by atoms with E-state index in [0.29, 0.717) is 12.1 Å². The Morgan fingerprint density at radius 3 is 2.23 bits per heavy atom. The van der Waals surface area contributed by atoms with Gasteiger partial charge in [0.1, 0.15) is 11.4 Å². The Labute approximate surface area is 176 Å². The minimum absolute atomic E-state index is 0.0607. The summed E-state index contributed by atoms with van der Waals surface area (Å²) in [4.78, 5) is 11.7. The van der Waals surface area contributed by atoms with Gasteiger partial charge in [-0.2, -0.15) is 0 Å². The number of hydrogen-bond acceptors (Lipinski definition) is 3. The second kappa shape index (κ2) is 8.71. The van der Waals surface area contributed by atoms with Gasteiger partial charge in [-0.3, -0.25) is 5.41 Å². The Balaban J connectivity index is 1.65. The number of amides is 1. The summed E-state index contributed by atoms with van der Waals surface area (Å²) in [6.07, 6.45) is -0.432. The molecule has 4 N–H and O–H groups in total. The highest BCUT2D eigenvalue weighted by molar-refractivity contribution is 5.99. The first-order valence-electron chi connectivity index (χ1n) is 9.66. The summed E-state index contributed by atoms with van der Waals surface area (Å²) in [7, 11) is 0. The van der Waals surface area contributed by atoms with Gasteiger partial charge in [-0.05, 0) is 67.4 Å². The maximum Gasteiger partial charge on any atom is 0.407 e. The Morgan fingerprint density at radius 2 is 1.57 bits per heavy atom. The van der Waals surface area contributed by atoms with Crippen LogP contribution in [0.2, 0.25) is 0 Å². The fourth-order valence-electron chi connectivity index (χ4n) is 2.83. The highest BCUT2D eigenvalue weighted by atomic mass is 16.6. The van der Waals surface area contributed by atoms with Crippen molar-refractivity contribution in [1.29, 1.82) is 5.41 Å². The molecule has 0 bridgehead atoms. The van der Waals surface area contributed by atoms with Gasteiger partial charge >= 0.3 is 6.09 Å². The van der Waals surface area contributed by atoms with Crippen molar-refractivity contribution >= 4 is 22.7 Å². The van der Waals surface area contributed by atoms with E-state index in [2.05, 4.69) is 17.2 Å². The van der Waals surface area contributed by atoms with Crippen LogP contribution in [0.3, 0.4) is 0 Å². The van der Waals surface area contributed by atoms with Crippen LogP contribution in [0.5, 0.6) is 0 Å². The molecule has 3 aromatic carbocycles. The van der Waals surface area contributed by atoms with Crippen LogP contribution in [0.1, 0.15) is 43.0 Å². The van der Waals surface area contributed by atoms with Crippen molar-refractivity contribution in [3.8, 4) is 11.8 Å². The van der Waals surface area contributed by atoms with E-state index >= 15 is 0 Å². The van der Waals surface area contributed by atoms with E-state index in [4.69, 9.17) is 15.9 Å². The zero-order chi connectivity index (χ0) is 21.7. The van der Waals surface area contributed by atoms with E-state index in [-0.39, 0.29) is 5.84 Å². The lowest BCUT2D eigenvalue weighted by Gasteiger charge is -2.19. The lowest BCUT2D eigenvalue weighted by Crippen LogP contribution is -2.32. The van der Waals surface area contributed by atoms with Gasteiger partial charge in [-0.25, -0.2) is 4.79 Å². The number of hydrogen-bond donors (Lipinski definition) is 3. The van der Waals surface area contributed by atoms with Crippen molar-refractivity contribution in [3.63, 3.8) is 0 Å². The van der Waals surface area contributed by atoms with E-state index in [1.165, 1.54) is 0 Å². The van der Waals surface area contributed by atoms with Gasteiger partial charge in [-0.15, -0.1) is 0 Å². The molecule has 3 rings (SSSR count).